The molecule has 2 fully saturated rings. The van der Waals surface area contributed by atoms with Crippen molar-refractivity contribution in [3.63, 3.8) is 0 Å². The Labute approximate surface area is 114 Å². The van der Waals surface area contributed by atoms with Crippen LogP contribution in [0.25, 0.3) is 0 Å². The van der Waals surface area contributed by atoms with Crippen molar-refractivity contribution in [2.24, 2.45) is 5.92 Å². The fraction of sp³-hybridized carbons (Fsp3) is 0.917. The van der Waals surface area contributed by atoms with Crippen molar-refractivity contribution in [3.8, 4) is 0 Å². The van der Waals surface area contributed by atoms with E-state index in [1.54, 1.807) is 0 Å². The number of carbonyl (C=O) groups is 1. The number of nitrogens with zero attached hydrogens (tertiary/aromatic N) is 1. The van der Waals surface area contributed by atoms with Gasteiger partial charge in [-0.05, 0) is 25.8 Å². The molecule has 0 aromatic carbocycles. The second-order valence-electron chi connectivity index (χ2n) is 4.73. The largest absolute Gasteiger partial charge is 0.340 e. The first-order valence-corrected chi connectivity index (χ1v) is 7.47. The summed E-state index contributed by atoms with van der Waals surface area (Å²) in [5, 5.41) is 3.99. The summed E-state index contributed by atoms with van der Waals surface area (Å²) in [6.45, 7) is 6.11. The van der Waals surface area contributed by atoms with Gasteiger partial charge in [-0.15, -0.1) is 12.4 Å². The average molecular weight is 279 g/mol. The van der Waals surface area contributed by atoms with Crippen LogP contribution in [0.4, 0.5) is 0 Å². The molecule has 2 heterocycles. The number of hydrogen-bond acceptors (Lipinski definition) is 3. The Morgan fingerprint density at radius 2 is 2.35 bits per heavy atom. The van der Waals surface area contributed by atoms with Crippen LogP contribution in [0, 0.1) is 5.92 Å². The first kappa shape index (κ1) is 15.1. The van der Waals surface area contributed by atoms with Gasteiger partial charge in [0.05, 0.1) is 5.92 Å². The molecule has 0 aromatic rings. The molecular weight excluding hydrogens is 256 g/mol. The first-order chi connectivity index (χ1) is 7.81. The molecule has 5 heteroatoms. The maximum absolute atomic E-state index is 12.3. The van der Waals surface area contributed by atoms with E-state index in [0.29, 0.717) is 11.2 Å². The SMILES string of the molecule is CCC1CN(C(=O)C2CCCNC2)CCS1.Cl. The predicted molar refractivity (Wildman–Crippen MR) is 76.0 cm³/mol. The maximum atomic E-state index is 12.3. The Bertz CT molecular complexity index is 247. The van der Waals surface area contributed by atoms with E-state index >= 15 is 0 Å². The second kappa shape index (κ2) is 7.49. The first-order valence-electron chi connectivity index (χ1n) is 6.42. The van der Waals surface area contributed by atoms with Gasteiger partial charge in [0.2, 0.25) is 5.91 Å². The molecule has 2 unspecified atom stereocenters. The topological polar surface area (TPSA) is 32.3 Å². The van der Waals surface area contributed by atoms with Crippen LogP contribution in [0.2, 0.25) is 0 Å². The van der Waals surface area contributed by atoms with Gasteiger partial charge in [0.25, 0.3) is 0 Å². The summed E-state index contributed by atoms with van der Waals surface area (Å²) in [5.74, 6) is 1.75. The molecular formula is C12H23ClN2OS. The van der Waals surface area contributed by atoms with Gasteiger partial charge < -0.3 is 10.2 Å². The van der Waals surface area contributed by atoms with E-state index in [-0.39, 0.29) is 18.3 Å². The van der Waals surface area contributed by atoms with Gasteiger partial charge in [0.1, 0.15) is 0 Å². The van der Waals surface area contributed by atoms with Crippen LogP contribution in [-0.4, -0.2) is 48.0 Å². The van der Waals surface area contributed by atoms with Gasteiger partial charge in [-0.2, -0.15) is 11.8 Å². The van der Waals surface area contributed by atoms with Crippen LogP contribution in [0.15, 0.2) is 0 Å². The molecule has 1 amide bonds. The minimum atomic E-state index is 0. The van der Waals surface area contributed by atoms with Crippen LogP contribution in [-0.2, 0) is 4.79 Å². The molecule has 0 spiro atoms. The third-order valence-corrected chi connectivity index (χ3v) is 4.92. The molecule has 100 valence electrons. The van der Waals surface area contributed by atoms with Crippen LogP contribution in [0.3, 0.4) is 0 Å². The van der Waals surface area contributed by atoms with Crippen molar-refractivity contribution in [3.05, 3.63) is 0 Å². The van der Waals surface area contributed by atoms with Crippen molar-refractivity contribution in [1.29, 1.82) is 0 Å². The zero-order valence-electron chi connectivity index (χ0n) is 10.5. The normalized spacial score (nSPS) is 29.6. The molecule has 0 radical (unpaired) electrons. The second-order valence-corrected chi connectivity index (χ2v) is 6.14. The van der Waals surface area contributed by atoms with Gasteiger partial charge in [-0.25, -0.2) is 0 Å². The molecule has 0 aliphatic carbocycles. The van der Waals surface area contributed by atoms with E-state index in [0.717, 1.165) is 44.8 Å². The molecule has 2 aliphatic rings. The summed E-state index contributed by atoms with van der Waals surface area (Å²) in [4.78, 5) is 14.4. The Balaban J connectivity index is 0.00000144. The molecule has 0 aromatic heterocycles. The number of hydrogen-bond donors (Lipinski definition) is 1. The molecule has 2 rings (SSSR count). The molecule has 0 bridgehead atoms. The number of carbonyl (C=O) groups excluding carboxylic acids is 1. The summed E-state index contributed by atoms with van der Waals surface area (Å²) < 4.78 is 0. The van der Waals surface area contributed by atoms with E-state index < -0.39 is 0 Å². The fourth-order valence-corrected chi connectivity index (χ4v) is 3.67. The summed E-state index contributed by atoms with van der Waals surface area (Å²) in [7, 11) is 0. The van der Waals surface area contributed by atoms with Gasteiger partial charge in [0.15, 0.2) is 0 Å². The molecule has 3 nitrogen and oxygen atoms in total. The van der Waals surface area contributed by atoms with Crippen LogP contribution in [0.1, 0.15) is 26.2 Å². The number of piperidine rings is 1. The van der Waals surface area contributed by atoms with Crippen LogP contribution in [0.5, 0.6) is 0 Å². The number of amides is 1. The quantitative estimate of drug-likeness (QED) is 0.835. The van der Waals surface area contributed by atoms with E-state index in [4.69, 9.17) is 0 Å². The number of rotatable bonds is 2. The summed E-state index contributed by atoms with van der Waals surface area (Å²) in [6.07, 6.45) is 3.40. The van der Waals surface area contributed by atoms with Crippen LogP contribution < -0.4 is 5.32 Å². The van der Waals surface area contributed by atoms with Crippen LogP contribution >= 0.6 is 24.2 Å². The van der Waals surface area contributed by atoms with Crippen molar-refractivity contribution >= 4 is 30.1 Å². The number of halogens is 1. The van der Waals surface area contributed by atoms with E-state index in [1.165, 1.54) is 6.42 Å². The van der Waals surface area contributed by atoms with Gasteiger partial charge >= 0.3 is 0 Å². The highest BCUT2D eigenvalue weighted by molar-refractivity contribution is 8.00. The van der Waals surface area contributed by atoms with Gasteiger partial charge in [-0.3, -0.25) is 4.79 Å². The smallest absolute Gasteiger partial charge is 0.227 e. The lowest BCUT2D eigenvalue weighted by molar-refractivity contribution is -0.136. The highest BCUT2D eigenvalue weighted by Gasteiger charge is 2.29. The minimum absolute atomic E-state index is 0. The van der Waals surface area contributed by atoms with Crippen molar-refractivity contribution < 1.29 is 4.79 Å². The van der Waals surface area contributed by atoms with Gasteiger partial charge in [0, 0.05) is 30.6 Å². The summed E-state index contributed by atoms with van der Waals surface area (Å²) in [5.41, 5.74) is 0. The third-order valence-electron chi connectivity index (χ3n) is 3.55. The predicted octanol–water partition coefficient (Wildman–Crippen LogP) is 1.76. The lowest BCUT2D eigenvalue weighted by atomic mass is 9.98. The van der Waals surface area contributed by atoms with Crippen molar-refractivity contribution in [2.75, 3.05) is 31.9 Å². The summed E-state index contributed by atoms with van der Waals surface area (Å²) >= 11 is 2.02. The van der Waals surface area contributed by atoms with E-state index in [1.807, 2.05) is 11.8 Å². The Morgan fingerprint density at radius 1 is 1.53 bits per heavy atom. The zero-order valence-corrected chi connectivity index (χ0v) is 12.1. The van der Waals surface area contributed by atoms with E-state index in [2.05, 4.69) is 17.1 Å². The monoisotopic (exact) mass is 278 g/mol. The Hall–Kier alpha value is 0.0700. The van der Waals surface area contributed by atoms with E-state index in [9.17, 15) is 4.79 Å². The standard InChI is InChI=1S/C12H22N2OS.ClH/c1-2-11-9-14(6-7-16-11)12(15)10-4-3-5-13-8-10;/h10-11,13H,2-9H2,1H3;1H. The maximum Gasteiger partial charge on any atom is 0.227 e. The fourth-order valence-electron chi connectivity index (χ4n) is 2.49. The average Bonchev–Trinajstić information content (AvgIpc) is 2.39. The lowest BCUT2D eigenvalue weighted by Crippen LogP contribution is -2.48. The van der Waals surface area contributed by atoms with Gasteiger partial charge in [-0.1, -0.05) is 6.92 Å². The van der Waals surface area contributed by atoms with Crippen molar-refractivity contribution in [2.45, 2.75) is 31.4 Å². The lowest BCUT2D eigenvalue weighted by Gasteiger charge is -2.35. The summed E-state index contributed by atoms with van der Waals surface area (Å²) in [6, 6.07) is 0. The molecule has 17 heavy (non-hydrogen) atoms. The minimum Gasteiger partial charge on any atom is -0.340 e. The number of thioether (sulfide) groups is 1. The third kappa shape index (κ3) is 4.04. The molecule has 2 aliphatic heterocycles. The highest BCUT2D eigenvalue weighted by atomic mass is 35.5. The Kier molecular flexibility index (Phi) is 6.67. The highest BCUT2D eigenvalue weighted by Crippen LogP contribution is 2.23. The zero-order chi connectivity index (χ0) is 11.4. The van der Waals surface area contributed by atoms with Crippen molar-refractivity contribution in [1.82, 2.24) is 10.2 Å². The molecule has 2 atom stereocenters. The Morgan fingerprint density at radius 3 is 3.00 bits per heavy atom. The number of nitrogens with one attached hydrogen (secondary N) is 1. The molecule has 0 saturated carbocycles. The molecule has 1 N–H and O–H groups in total. The molecule has 2 saturated heterocycles.